The van der Waals surface area contributed by atoms with Crippen LogP contribution in [0.1, 0.15) is 25.7 Å². The predicted molar refractivity (Wildman–Crippen MR) is 97.5 cm³/mol. The second-order valence-electron chi connectivity index (χ2n) is 8.63. The van der Waals surface area contributed by atoms with Crippen molar-refractivity contribution in [1.29, 1.82) is 0 Å². The highest BCUT2D eigenvalue weighted by atomic mass is 16.2. The van der Waals surface area contributed by atoms with E-state index in [0.717, 1.165) is 29.8 Å². The van der Waals surface area contributed by atoms with Crippen LogP contribution >= 0.6 is 0 Å². The van der Waals surface area contributed by atoms with Gasteiger partial charge >= 0.3 is 0 Å². The first-order valence-corrected chi connectivity index (χ1v) is 10.1. The van der Waals surface area contributed by atoms with Crippen molar-refractivity contribution in [1.82, 2.24) is 24.6 Å². The number of piperazine rings is 1. The Kier molecular flexibility index (Phi) is 3.20. The standard InChI is InChI=1S/C20H23N5O2/c26-19(11-25-18-2-1-5-21-17(18)8-22-25)23-9-14-7-13(23)10-24(14)20(27)15-4-3-12-6-16(12)15/h1-2,5,8,12-16H,3-4,6-7,9-11H2/t12-,13+,14+,15-,16+/m1/s1. The number of nitrogens with zero attached hydrogens (tertiary/aromatic N) is 5. The van der Waals surface area contributed by atoms with E-state index in [2.05, 4.69) is 15.0 Å². The molecule has 4 heterocycles. The molecule has 6 rings (SSSR count). The first-order chi connectivity index (χ1) is 13.2. The van der Waals surface area contributed by atoms with Crippen LogP contribution in [0.3, 0.4) is 0 Å². The smallest absolute Gasteiger partial charge is 0.244 e. The number of carbonyl (C=O) groups excluding carboxylic acids is 2. The number of pyridine rings is 1. The Morgan fingerprint density at radius 1 is 1.11 bits per heavy atom. The normalized spacial score (nSPS) is 33.7. The third-order valence-electron chi connectivity index (χ3n) is 7.20. The summed E-state index contributed by atoms with van der Waals surface area (Å²) in [5.41, 5.74) is 1.69. The van der Waals surface area contributed by atoms with E-state index in [-0.39, 0.29) is 30.5 Å². The fraction of sp³-hybridized carbons (Fsp3) is 0.600. The number of rotatable bonds is 3. The van der Waals surface area contributed by atoms with Crippen LogP contribution < -0.4 is 0 Å². The first-order valence-electron chi connectivity index (χ1n) is 10.1. The van der Waals surface area contributed by atoms with E-state index in [1.807, 2.05) is 17.0 Å². The zero-order chi connectivity index (χ0) is 18.1. The van der Waals surface area contributed by atoms with Crippen molar-refractivity contribution in [3.63, 3.8) is 0 Å². The molecule has 0 N–H and O–H groups in total. The number of hydrogen-bond donors (Lipinski definition) is 0. The van der Waals surface area contributed by atoms with Crippen molar-refractivity contribution in [2.45, 2.75) is 44.3 Å². The fourth-order valence-corrected chi connectivity index (χ4v) is 5.72. The van der Waals surface area contributed by atoms with E-state index < -0.39 is 0 Å². The second kappa shape index (κ2) is 5.53. The number of fused-ring (bicyclic) bond motifs is 4. The van der Waals surface area contributed by atoms with Gasteiger partial charge in [-0.2, -0.15) is 5.10 Å². The topological polar surface area (TPSA) is 71.3 Å². The van der Waals surface area contributed by atoms with Crippen molar-refractivity contribution < 1.29 is 9.59 Å². The molecule has 0 unspecified atom stereocenters. The van der Waals surface area contributed by atoms with Crippen molar-refractivity contribution >= 4 is 22.8 Å². The van der Waals surface area contributed by atoms with E-state index in [1.165, 1.54) is 12.8 Å². The van der Waals surface area contributed by atoms with E-state index in [9.17, 15) is 9.59 Å². The van der Waals surface area contributed by atoms with Crippen LogP contribution in [-0.4, -0.2) is 61.6 Å². The molecule has 0 aromatic carbocycles. The summed E-state index contributed by atoms with van der Waals surface area (Å²) in [6, 6.07) is 4.18. The summed E-state index contributed by atoms with van der Waals surface area (Å²) in [6.07, 6.45) is 7.93. The Hall–Kier alpha value is -2.44. The van der Waals surface area contributed by atoms with Crippen LogP contribution in [0.25, 0.3) is 11.0 Å². The van der Waals surface area contributed by atoms with Crippen LogP contribution in [0.4, 0.5) is 0 Å². The lowest BCUT2D eigenvalue weighted by atomic mass is 10.0. The van der Waals surface area contributed by atoms with Crippen molar-refractivity contribution in [3.8, 4) is 0 Å². The lowest BCUT2D eigenvalue weighted by molar-refractivity contribution is -0.143. The maximum absolute atomic E-state index is 13.0. The molecule has 0 spiro atoms. The minimum absolute atomic E-state index is 0.0894. The average Bonchev–Trinajstić information content (AvgIpc) is 3.12. The molecule has 2 bridgehead atoms. The summed E-state index contributed by atoms with van der Waals surface area (Å²) >= 11 is 0. The molecule has 0 radical (unpaired) electrons. The number of hydrogen-bond acceptors (Lipinski definition) is 4. The van der Waals surface area contributed by atoms with Gasteiger partial charge in [0.05, 0.1) is 23.8 Å². The molecule has 2 aliphatic carbocycles. The van der Waals surface area contributed by atoms with Crippen LogP contribution in [0.2, 0.25) is 0 Å². The highest BCUT2D eigenvalue weighted by molar-refractivity contribution is 5.83. The molecule has 4 aliphatic rings. The Morgan fingerprint density at radius 2 is 1.96 bits per heavy atom. The third kappa shape index (κ3) is 2.33. The molecule has 5 atom stereocenters. The second-order valence-corrected chi connectivity index (χ2v) is 8.63. The molecule has 140 valence electrons. The molecule has 7 nitrogen and oxygen atoms in total. The molecular formula is C20H23N5O2. The average molecular weight is 365 g/mol. The Labute approximate surface area is 157 Å². The molecule has 2 saturated carbocycles. The maximum Gasteiger partial charge on any atom is 0.244 e. The summed E-state index contributed by atoms with van der Waals surface area (Å²) in [5, 5.41) is 4.32. The lowest BCUT2D eigenvalue weighted by Crippen LogP contribution is -2.52. The molecule has 2 aromatic rings. The quantitative estimate of drug-likeness (QED) is 0.822. The molecule has 4 fully saturated rings. The van der Waals surface area contributed by atoms with Crippen LogP contribution in [-0.2, 0) is 16.1 Å². The summed E-state index contributed by atoms with van der Waals surface area (Å²) in [4.78, 5) is 34.2. The van der Waals surface area contributed by atoms with Gasteiger partial charge in [-0.3, -0.25) is 19.3 Å². The largest absolute Gasteiger partial charge is 0.336 e. The SMILES string of the molecule is O=C(Cn1ncc2ncccc21)N1C[C@@H]2C[C@H]1CN2C(=O)[C@@H]1CC[C@@H]2C[C@@H]21. The van der Waals surface area contributed by atoms with E-state index >= 15 is 0 Å². The molecule has 27 heavy (non-hydrogen) atoms. The molecular weight excluding hydrogens is 342 g/mol. The lowest BCUT2D eigenvalue weighted by Gasteiger charge is -2.35. The molecule has 2 aromatic heterocycles. The molecule has 2 aliphatic heterocycles. The minimum Gasteiger partial charge on any atom is -0.336 e. The highest BCUT2D eigenvalue weighted by Crippen LogP contribution is 2.56. The van der Waals surface area contributed by atoms with E-state index in [4.69, 9.17) is 0 Å². The summed E-state index contributed by atoms with van der Waals surface area (Å²) in [5.74, 6) is 2.21. The minimum atomic E-state index is 0.0894. The van der Waals surface area contributed by atoms with Gasteiger partial charge < -0.3 is 9.80 Å². The molecule has 2 amide bonds. The fourth-order valence-electron chi connectivity index (χ4n) is 5.72. The summed E-state index contributed by atoms with van der Waals surface area (Å²) < 4.78 is 1.73. The number of carbonyl (C=O) groups is 2. The van der Waals surface area contributed by atoms with Crippen LogP contribution in [0, 0.1) is 17.8 Å². The maximum atomic E-state index is 13.0. The monoisotopic (exact) mass is 365 g/mol. The summed E-state index contributed by atoms with van der Waals surface area (Å²) in [7, 11) is 0. The van der Waals surface area contributed by atoms with Gasteiger partial charge in [0.15, 0.2) is 0 Å². The van der Waals surface area contributed by atoms with Gasteiger partial charge in [-0.05, 0) is 49.7 Å². The van der Waals surface area contributed by atoms with Crippen molar-refractivity contribution in [2.24, 2.45) is 17.8 Å². The predicted octanol–water partition coefficient (Wildman–Crippen LogP) is 1.29. The Balaban J connectivity index is 1.13. The van der Waals surface area contributed by atoms with Crippen molar-refractivity contribution in [3.05, 3.63) is 24.5 Å². The Morgan fingerprint density at radius 3 is 2.70 bits per heavy atom. The number of aromatic nitrogens is 3. The van der Waals surface area contributed by atoms with Gasteiger partial charge in [0.25, 0.3) is 0 Å². The third-order valence-corrected chi connectivity index (χ3v) is 7.20. The first kappa shape index (κ1) is 15.6. The zero-order valence-electron chi connectivity index (χ0n) is 15.2. The van der Waals surface area contributed by atoms with Crippen molar-refractivity contribution in [2.75, 3.05) is 13.1 Å². The highest BCUT2D eigenvalue weighted by Gasteiger charge is 2.55. The zero-order valence-corrected chi connectivity index (χ0v) is 15.2. The van der Waals surface area contributed by atoms with Gasteiger partial charge in [0.2, 0.25) is 11.8 Å². The molecule has 7 heteroatoms. The van der Waals surface area contributed by atoms with Gasteiger partial charge in [-0.25, -0.2) is 0 Å². The van der Waals surface area contributed by atoms with Gasteiger partial charge in [-0.15, -0.1) is 0 Å². The van der Waals surface area contributed by atoms with Gasteiger partial charge in [-0.1, -0.05) is 0 Å². The van der Waals surface area contributed by atoms with Gasteiger partial charge in [0.1, 0.15) is 12.1 Å². The van der Waals surface area contributed by atoms with Crippen LogP contribution in [0.5, 0.6) is 0 Å². The van der Waals surface area contributed by atoms with E-state index in [1.54, 1.807) is 17.1 Å². The van der Waals surface area contributed by atoms with Crippen LogP contribution in [0.15, 0.2) is 24.5 Å². The van der Waals surface area contributed by atoms with Gasteiger partial charge in [0, 0.05) is 25.2 Å². The molecule has 2 saturated heterocycles. The number of amides is 2. The summed E-state index contributed by atoms with van der Waals surface area (Å²) in [6.45, 7) is 1.62. The number of likely N-dealkylation sites (tertiary alicyclic amines) is 2. The van der Waals surface area contributed by atoms with E-state index in [0.29, 0.717) is 24.9 Å². The Bertz CT molecular complexity index is 939.